The third kappa shape index (κ3) is 3.99. The molecule has 1 heterocycles. The van der Waals surface area contributed by atoms with E-state index in [1.54, 1.807) is 20.9 Å². The third-order valence-electron chi connectivity index (χ3n) is 2.74. The number of pyridine rings is 1. The van der Waals surface area contributed by atoms with E-state index in [1.807, 2.05) is 0 Å². The number of carbonyl (C=O) groups excluding carboxylic acids is 1. The van der Waals surface area contributed by atoms with Gasteiger partial charge in [0.1, 0.15) is 6.20 Å². The van der Waals surface area contributed by atoms with Gasteiger partial charge in [-0.2, -0.15) is 0 Å². The van der Waals surface area contributed by atoms with Crippen LogP contribution in [-0.4, -0.2) is 45.5 Å². The van der Waals surface area contributed by atoms with Crippen LogP contribution >= 0.6 is 0 Å². The van der Waals surface area contributed by atoms with E-state index in [-0.39, 0.29) is 17.2 Å². The van der Waals surface area contributed by atoms with Crippen molar-refractivity contribution in [3.63, 3.8) is 0 Å². The first-order valence-electron chi connectivity index (χ1n) is 5.87. The van der Waals surface area contributed by atoms with Gasteiger partial charge in [-0.15, -0.1) is 0 Å². The number of rotatable bonds is 5. The van der Waals surface area contributed by atoms with Crippen molar-refractivity contribution in [2.24, 2.45) is 0 Å². The molecule has 1 aromatic heterocycles. The molecule has 0 aliphatic heterocycles. The average Bonchev–Trinajstić information content (AvgIpc) is 2.35. The van der Waals surface area contributed by atoms with Crippen LogP contribution in [0, 0.1) is 17.0 Å². The summed E-state index contributed by atoms with van der Waals surface area (Å²) in [5.41, 5.74) is 0.444. The maximum absolute atomic E-state index is 12.1. The Balaban J connectivity index is 2.92. The summed E-state index contributed by atoms with van der Waals surface area (Å²) in [6.07, 6.45) is 1.07. The highest BCUT2D eigenvalue weighted by Crippen LogP contribution is 2.16. The Bertz CT molecular complexity index is 488. The summed E-state index contributed by atoms with van der Waals surface area (Å²) in [7, 11) is 1.59. The zero-order valence-corrected chi connectivity index (χ0v) is 11.2. The standard InChI is InChI=1S/C12H17N3O4/c1-8(16)4-5-14(3)12(17)11-6-10(15(18)19)7-13-9(11)2/h6-8,16H,4-5H2,1-3H3. The van der Waals surface area contributed by atoms with Crippen LogP contribution in [0.3, 0.4) is 0 Å². The summed E-state index contributed by atoms with van der Waals surface area (Å²) in [6.45, 7) is 3.64. The van der Waals surface area contributed by atoms with Gasteiger partial charge in [-0.05, 0) is 20.3 Å². The molecular weight excluding hydrogens is 250 g/mol. The van der Waals surface area contributed by atoms with E-state index in [2.05, 4.69) is 4.98 Å². The second-order valence-electron chi connectivity index (χ2n) is 4.45. The van der Waals surface area contributed by atoms with Crippen molar-refractivity contribution in [3.8, 4) is 0 Å². The number of hydrogen-bond acceptors (Lipinski definition) is 5. The molecule has 0 aliphatic rings. The molecule has 1 amide bonds. The van der Waals surface area contributed by atoms with Gasteiger partial charge in [0.05, 0.1) is 22.3 Å². The second-order valence-corrected chi connectivity index (χ2v) is 4.45. The fourth-order valence-electron chi connectivity index (χ4n) is 1.53. The van der Waals surface area contributed by atoms with Crippen LogP contribution in [0.2, 0.25) is 0 Å². The van der Waals surface area contributed by atoms with Gasteiger partial charge < -0.3 is 10.0 Å². The molecule has 0 spiro atoms. The predicted octanol–water partition coefficient (Wildman–Crippen LogP) is 1.14. The lowest BCUT2D eigenvalue weighted by molar-refractivity contribution is -0.385. The quantitative estimate of drug-likeness (QED) is 0.637. The minimum atomic E-state index is -0.584. The number of aromatic nitrogens is 1. The first-order valence-corrected chi connectivity index (χ1v) is 5.87. The number of aryl methyl sites for hydroxylation is 1. The molecular formula is C12H17N3O4. The lowest BCUT2D eigenvalue weighted by atomic mass is 10.1. The van der Waals surface area contributed by atoms with Crippen molar-refractivity contribution in [3.05, 3.63) is 33.6 Å². The third-order valence-corrected chi connectivity index (χ3v) is 2.74. The van der Waals surface area contributed by atoms with Gasteiger partial charge in [0.25, 0.3) is 11.6 Å². The molecule has 0 aliphatic carbocycles. The predicted molar refractivity (Wildman–Crippen MR) is 68.9 cm³/mol. The zero-order valence-electron chi connectivity index (χ0n) is 11.2. The van der Waals surface area contributed by atoms with Crippen molar-refractivity contribution < 1.29 is 14.8 Å². The van der Waals surface area contributed by atoms with E-state index in [0.717, 1.165) is 6.20 Å². The summed E-state index contributed by atoms with van der Waals surface area (Å²) >= 11 is 0. The number of aliphatic hydroxyl groups is 1. The highest BCUT2D eigenvalue weighted by atomic mass is 16.6. The van der Waals surface area contributed by atoms with E-state index in [0.29, 0.717) is 18.7 Å². The fourth-order valence-corrected chi connectivity index (χ4v) is 1.53. The lowest BCUT2D eigenvalue weighted by Crippen LogP contribution is -2.30. The molecule has 7 nitrogen and oxygen atoms in total. The summed E-state index contributed by atoms with van der Waals surface area (Å²) in [4.78, 5) is 27.5. The summed E-state index contributed by atoms with van der Waals surface area (Å²) in [5.74, 6) is -0.339. The molecule has 0 fully saturated rings. The van der Waals surface area contributed by atoms with Crippen LogP contribution in [0.25, 0.3) is 0 Å². The van der Waals surface area contributed by atoms with E-state index < -0.39 is 11.0 Å². The SMILES string of the molecule is Cc1ncc([N+](=O)[O-])cc1C(=O)N(C)CCC(C)O. The van der Waals surface area contributed by atoms with E-state index in [4.69, 9.17) is 0 Å². The fraction of sp³-hybridized carbons (Fsp3) is 0.500. The van der Waals surface area contributed by atoms with Crippen LogP contribution in [0.1, 0.15) is 29.4 Å². The Kier molecular flexibility index (Phi) is 4.94. The Morgan fingerprint density at radius 3 is 2.79 bits per heavy atom. The molecule has 1 N–H and O–H groups in total. The number of aliphatic hydroxyl groups excluding tert-OH is 1. The molecule has 1 atom stereocenters. The van der Waals surface area contributed by atoms with Crippen LogP contribution in [0.4, 0.5) is 5.69 Å². The molecule has 1 aromatic rings. The van der Waals surface area contributed by atoms with Gasteiger partial charge in [-0.25, -0.2) is 0 Å². The summed E-state index contributed by atoms with van der Waals surface area (Å²) in [5, 5.41) is 19.9. The number of hydrogen-bond donors (Lipinski definition) is 1. The molecule has 0 saturated carbocycles. The normalized spacial score (nSPS) is 12.0. The van der Waals surface area contributed by atoms with Crippen molar-refractivity contribution in [2.45, 2.75) is 26.4 Å². The first-order chi connectivity index (χ1) is 8.82. The smallest absolute Gasteiger partial charge is 0.288 e. The molecule has 0 bridgehead atoms. The molecule has 0 aromatic carbocycles. The van der Waals surface area contributed by atoms with Crippen molar-refractivity contribution in [2.75, 3.05) is 13.6 Å². The highest BCUT2D eigenvalue weighted by Gasteiger charge is 2.19. The van der Waals surface area contributed by atoms with E-state index in [1.165, 1.54) is 11.0 Å². The van der Waals surface area contributed by atoms with Crippen LogP contribution in [0.5, 0.6) is 0 Å². The second kappa shape index (κ2) is 6.24. The maximum Gasteiger partial charge on any atom is 0.288 e. The Labute approximate surface area is 111 Å². The van der Waals surface area contributed by atoms with Gasteiger partial charge in [0, 0.05) is 19.7 Å². The van der Waals surface area contributed by atoms with Crippen molar-refractivity contribution in [1.29, 1.82) is 0 Å². The van der Waals surface area contributed by atoms with Gasteiger partial charge in [-0.1, -0.05) is 0 Å². The molecule has 1 unspecified atom stereocenters. The minimum absolute atomic E-state index is 0.210. The number of amides is 1. The molecule has 1 rings (SSSR count). The average molecular weight is 267 g/mol. The summed E-state index contributed by atoms with van der Waals surface area (Å²) < 4.78 is 0. The lowest BCUT2D eigenvalue weighted by Gasteiger charge is -2.18. The molecule has 104 valence electrons. The topological polar surface area (TPSA) is 96.6 Å². The molecule has 19 heavy (non-hydrogen) atoms. The maximum atomic E-state index is 12.1. The highest BCUT2D eigenvalue weighted by molar-refractivity contribution is 5.95. The molecule has 0 saturated heterocycles. The monoisotopic (exact) mass is 267 g/mol. The Morgan fingerprint density at radius 1 is 1.63 bits per heavy atom. The number of carbonyl (C=O) groups is 1. The largest absolute Gasteiger partial charge is 0.393 e. The van der Waals surface area contributed by atoms with Crippen molar-refractivity contribution >= 4 is 11.6 Å². The molecule has 7 heteroatoms. The van der Waals surface area contributed by atoms with Gasteiger partial charge in [0.2, 0.25) is 0 Å². The number of nitrogens with zero attached hydrogens (tertiary/aromatic N) is 3. The Morgan fingerprint density at radius 2 is 2.26 bits per heavy atom. The summed E-state index contributed by atoms with van der Waals surface area (Å²) in [6, 6.07) is 1.23. The van der Waals surface area contributed by atoms with Gasteiger partial charge in [0.15, 0.2) is 0 Å². The van der Waals surface area contributed by atoms with Crippen LogP contribution in [-0.2, 0) is 0 Å². The first kappa shape index (κ1) is 15.0. The molecule has 0 radical (unpaired) electrons. The van der Waals surface area contributed by atoms with E-state index in [9.17, 15) is 20.0 Å². The zero-order chi connectivity index (χ0) is 14.6. The Hall–Kier alpha value is -2.02. The number of nitro groups is 1. The van der Waals surface area contributed by atoms with Gasteiger partial charge in [-0.3, -0.25) is 19.9 Å². The minimum Gasteiger partial charge on any atom is -0.393 e. The van der Waals surface area contributed by atoms with Crippen LogP contribution in [0.15, 0.2) is 12.3 Å². The van der Waals surface area contributed by atoms with Gasteiger partial charge >= 0.3 is 0 Å². The van der Waals surface area contributed by atoms with E-state index >= 15 is 0 Å². The van der Waals surface area contributed by atoms with Crippen LogP contribution < -0.4 is 0 Å². The van der Waals surface area contributed by atoms with Crippen molar-refractivity contribution in [1.82, 2.24) is 9.88 Å².